The third-order valence-electron chi connectivity index (χ3n) is 3.91. The molecule has 1 aliphatic heterocycles. The zero-order chi connectivity index (χ0) is 11.4. The van der Waals surface area contributed by atoms with E-state index in [0.717, 1.165) is 18.6 Å². The van der Waals surface area contributed by atoms with Gasteiger partial charge in [0.2, 0.25) is 0 Å². The molecule has 2 aliphatic rings. The van der Waals surface area contributed by atoms with Crippen molar-refractivity contribution >= 4 is 0 Å². The number of piperidine rings is 1. The highest BCUT2D eigenvalue weighted by molar-refractivity contribution is 4.93. The van der Waals surface area contributed by atoms with Gasteiger partial charge in [0.15, 0.2) is 0 Å². The lowest BCUT2D eigenvalue weighted by Crippen LogP contribution is -2.45. The lowest BCUT2D eigenvalue weighted by Gasteiger charge is -2.34. The van der Waals surface area contributed by atoms with Gasteiger partial charge in [-0.15, -0.1) is 0 Å². The molecule has 0 aromatic heterocycles. The summed E-state index contributed by atoms with van der Waals surface area (Å²) in [6, 6.07) is 1.61. The van der Waals surface area contributed by atoms with Crippen LogP contribution in [0.5, 0.6) is 0 Å². The number of nitrogens with zero attached hydrogens (tertiary/aromatic N) is 1. The van der Waals surface area contributed by atoms with Crippen molar-refractivity contribution in [3.05, 3.63) is 12.2 Å². The van der Waals surface area contributed by atoms with Crippen LogP contribution < -0.4 is 5.32 Å². The average Bonchev–Trinajstić information content (AvgIpc) is 2.73. The Bertz CT molecular complexity index is 223. The second-order valence-corrected chi connectivity index (χ2v) is 5.66. The molecule has 1 aliphatic carbocycles. The molecule has 2 heteroatoms. The topological polar surface area (TPSA) is 15.3 Å². The molecule has 92 valence electrons. The van der Waals surface area contributed by atoms with Crippen LogP contribution in [0.2, 0.25) is 0 Å². The minimum atomic E-state index is 0.782. The minimum absolute atomic E-state index is 0.782. The van der Waals surface area contributed by atoms with E-state index < -0.39 is 0 Å². The van der Waals surface area contributed by atoms with Gasteiger partial charge in [-0.3, -0.25) is 4.90 Å². The van der Waals surface area contributed by atoms with Crippen molar-refractivity contribution in [2.75, 3.05) is 19.6 Å². The molecule has 1 saturated carbocycles. The van der Waals surface area contributed by atoms with Gasteiger partial charge in [0.1, 0.15) is 0 Å². The molecular weight excluding hydrogens is 196 g/mol. The monoisotopic (exact) mass is 222 g/mol. The molecule has 2 fully saturated rings. The summed E-state index contributed by atoms with van der Waals surface area (Å²) in [7, 11) is 0. The highest BCUT2D eigenvalue weighted by Gasteiger charge is 2.23. The molecule has 1 saturated heterocycles. The second kappa shape index (κ2) is 5.83. The van der Waals surface area contributed by atoms with E-state index in [2.05, 4.69) is 23.7 Å². The van der Waals surface area contributed by atoms with Gasteiger partial charge in [0.25, 0.3) is 0 Å². The number of hydrogen-bond donors (Lipinski definition) is 1. The van der Waals surface area contributed by atoms with E-state index in [4.69, 9.17) is 0 Å². The molecule has 0 radical (unpaired) electrons. The number of rotatable bonds is 4. The summed E-state index contributed by atoms with van der Waals surface area (Å²) in [6.45, 7) is 9.71. The minimum Gasteiger partial charge on any atom is -0.311 e. The maximum atomic E-state index is 3.99. The Hall–Kier alpha value is -0.340. The molecule has 1 heterocycles. The van der Waals surface area contributed by atoms with Crippen LogP contribution in [0.25, 0.3) is 0 Å². The van der Waals surface area contributed by atoms with Crippen LogP contribution in [0.1, 0.15) is 45.4 Å². The summed E-state index contributed by atoms with van der Waals surface area (Å²) in [5, 5.41) is 3.84. The first-order valence-electron chi connectivity index (χ1n) is 6.87. The normalized spacial score (nSPS) is 25.1. The smallest absolute Gasteiger partial charge is 0.0187 e. The number of nitrogens with one attached hydrogen (secondary N) is 1. The molecule has 0 aromatic carbocycles. The maximum absolute atomic E-state index is 3.99. The van der Waals surface area contributed by atoms with Crippen LogP contribution in [0.3, 0.4) is 0 Å². The standard InChI is InChI=1S/C14H26N2/c1-12(2)11-16-9-7-14(8-10-16)15-13-5-3-4-6-13/h13-15H,1,3-11H2,2H3. The molecular formula is C14H26N2. The van der Waals surface area contributed by atoms with E-state index in [0.29, 0.717) is 0 Å². The molecule has 16 heavy (non-hydrogen) atoms. The van der Waals surface area contributed by atoms with Crippen molar-refractivity contribution in [1.82, 2.24) is 10.2 Å². The number of likely N-dealkylation sites (tertiary alicyclic amines) is 1. The SMILES string of the molecule is C=C(C)CN1CCC(NC2CCCC2)CC1. The molecule has 0 unspecified atom stereocenters. The Morgan fingerprint density at radius 3 is 2.25 bits per heavy atom. The third-order valence-corrected chi connectivity index (χ3v) is 3.91. The predicted molar refractivity (Wildman–Crippen MR) is 69.7 cm³/mol. The molecule has 0 atom stereocenters. The first-order chi connectivity index (χ1) is 7.74. The average molecular weight is 222 g/mol. The van der Waals surface area contributed by atoms with Gasteiger partial charge in [-0.1, -0.05) is 25.0 Å². The van der Waals surface area contributed by atoms with Crippen LogP contribution >= 0.6 is 0 Å². The highest BCUT2D eigenvalue weighted by Crippen LogP contribution is 2.20. The van der Waals surface area contributed by atoms with Crippen molar-refractivity contribution in [2.24, 2.45) is 0 Å². The van der Waals surface area contributed by atoms with E-state index in [1.807, 2.05) is 0 Å². The molecule has 0 amide bonds. The van der Waals surface area contributed by atoms with Gasteiger partial charge >= 0.3 is 0 Å². The van der Waals surface area contributed by atoms with Gasteiger partial charge in [-0.05, 0) is 45.7 Å². The van der Waals surface area contributed by atoms with E-state index >= 15 is 0 Å². The fourth-order valence-corrected chi connectivity index (χ4v) is 3.07. The van der Waals surface area contributed by atoms with Gasteiger partial charge < -0.3 is 5.32 Å². The van der Waals surface area contributed by atoms with E-state index in [9.17, 15) is 0 Å². The zero-order valence-corrected chi connectivity index (χ0v) is 10.7. The predicted octanol–water partition coefficient (Wildman–Crippen LogP) is 2.56. The molecule has 2 rings (SSSR count). The third kappa shape index (κ3) is 3.60. The summed E-state index contributed by atoms with van der Waals surface area (Å²) < 4.78 is 0. The Morgan fingerprint density at radius 1 is 1.12 bits per heavy atom. The lowest BCUT2D eigenvalue weighted by molar-refractivity contribution is 0.203. The summed E-state index contributed by atoms with van der Waals surface area (Å²) in [6.07, 6.45) is 8.34. The quantitative estimate of drug-likeness (QED) is 0.735. The molecule has 0 spiro atoms. The fraction of sp³-hybridized carbons (Fsp3) is 0.857. The maximum Gasteiger partial charge on any atom is 0.0187 e. The molecule has 0 bridgehead atoms. The van der Waals surface area contributed by atoms with Crippen LogP contribution in [0, 0.1) is 0 Å². The molecule has 2 nitrogen and oxygen atoms in total. The lowest BCUT2D eigenvalue weighted by atomic mass is 10.0. The van der Waals surface area contributed by atoms with Crippen LogP contribution in [-0.2, 0) is 0 Å². The van der Waals surface area contributed by atoms with E-state index in [1.54, 1.807) is 0 Å². The number of hydrogen-bond acceptors (Lipinski definition) is 2. The van der Waals surface area contributed by atoms with Crippen LogP contribution in [0.4, 0.5) is 0 Å². The Morgan fingerprint density at radius 2 is 1.69 bits per heavy atom. The van der Waals surface area contributed by atoms with Crippen molar-refractivity contribution < 1.29 is 0 Å². The molecule has 1 N–H and O–H groups in total. The Kier molecular flexibility index (Phi) is 4.42. The van der Waals surface area contributed by atoms with Crippen molar-refractivity contribution in [3.8, 4) is 0 Å². The van der Waals surface area contributed by atoms with E-state index in [1.165, 1.54) is 57.2 Å². The summed E-state index contributed by atoms with van der Waals surface area (Å²) >= 11 is 0. The summed E-state index contributed by atoms with van der Waals surface area (Å²) in [5.41, 5.74) is 1.29. The van der Waals surface area contributed by atoms with Crippen LogP contribution in [0.15, 0.2) is 12.2 Å². The van der Waals surface area contributed by atoms with Gasteiger partial charge in [-0.25, -0.2) is 0 Å². The van der Waals surface area contributed by atoms with E-state index in [-0.39, 0.29) is 0 Å². The van der Waals surface area contributed by atoms with Crippen LogP contribution in [-0.4, -0.2) is 36.6 Å². The summed E-state index contributed by atoms with van der Waals surface area (Å²) in [5.74, 6) is 0. The zero-order valence-electron chi connectivity index (χ0n) is 10.7. The van der Waals surface area contributed by atoms with Gasteiger partial charge in [0, 0.05) is 18.6 Å². The Balaban J connectivity index is 1.66. The van der Waals surface area contributed by atoms with Crippen molar-refractivity contribution in [1.29, 1.82) is 0 Å². The summed E-state index contributed by atoms with van der Waals surface area (Å²) in [4.78, 5) is 2.54. The van der Waals surface area contributed by atoms with Crippen molar-refractivity contribution in [2.45, 2.75) is 57.5 Å². The largest absolute Gasteiger partial charge is 0.311 e. The molecule has 0 aromatic rings. The second-order valence-electron chi connectivity index (χ2n) is 5.66. The first-order valence-corrected chi connectivity index (χ1v) is 6.87. The van der Waals surface area contributed by atoms with Crippen molar-refractivity contribution in [3.63, 3.8) is 0 Å². The van der Waals surface area contributed by atoms with Gasteiger partial charge in [-0.2, -0.15) is 0 Å². The highest BCUT2D eigenvalue weighted by atomic mass is 15.1. The fourth-order valence-electron chi connectivity index (χ4n) is 3.07. The first kappa shape index (κ1) is 12.1. The Labute approximate surface area is 100 Å². The van der Waals surface area contributed by atoms with Gasteiger partial charge in [0.05, 0.1) is 0 Å².